The molecule has 0 bridgehead atoms. The molecule has 3 aromatic heterocycles. The minimum atomic E-state index is 0.252. The highest BCUT2D eigenvalue weighted by molar-refractivity contribution is 5.63. The molecule has 26 heavy (non-hydrogen) atoms. The van der Waals surface area contributed by atoms with Crippen LogP contribution in [0.2, 0.25) is 0 Å². The fourth-order valence-corrected chi connectivity index (χ4v) is 2.76. The molecule has 0 aliphatic heterocycles. The second-order valence-corrected chi connectivity index (χ2v) is 6.31. The summed E-state index contributed by atoms with van der Waals surface area (Å²) in [5.41, 5.74) is 3.77. The Morgan fingerprint density at radius 3 is 2.73 bits per heavy atom. The van der Waals surface area contributed by atoms with Crippen molar-refractivity contribution in [2.24, 2.45) is 0 Å². The third-order valence-corrected chi connectivity index (χ3v) is 4.13. The molecule has 0 aliphatic carbocycles. The maximum Gasteiger partial charge on any atom is 0.204 e. The minimum Gasteiger partial charge on any atom is -0.298 e. The van der Waals surface area contributed by atoms with Crippen molar-refractivity contribution in [3.05, 3.63) is 54.2 Å². The molecule has 0 fully saturated rings. The van der Waals surface area contributed by atoms with Gasteiger partial charge in [0, 0.05) is 30.1 Å². The molecule has 0 radical (unpaired) electrons. The van der Waals surface area contributed by atoms with Gasteiger partial charge >= 0.3 is 0 Å². The van der Waals surface area contributed by atoms with E-state index in [-0.39, 0.29) is 5.92 Å². The van der Waals surface area contributed by atoms with E-state index in [9.17, 15) is 0 Å². The van der Waals surface area contributed by atoms with Crippen molar-refractivity contribution < 1.29 is 0 Å². The number of H-pyrrole nitrogens is 1. The summed E-state index contributed by atoms with van der Waals surface area (Å²) in [6.45, 7) is 6.20. The first-order valence-electron chi connectivity index (χ1n) is 8.35. The van der Waals surface area contributed by atoms with E-state index in [1.165, 1.54) is 0 Å². The zero-order chi connectivity index (χ0) is 18.1. The molecule has 0 amide bonds. The smallest absolute Gasteiger partial charge is 0.204 e. The summed E-state index contributed by atoms with van der Waals surface area (Å²) in [5.74, 6) is 2.37. The third kappa shape index (κ3) is 2.85. The van der Waals surface area contributed by atoms with Crippen LogP contribution in [-0.2, 0) is 0 Å². The lowest BCUT2D eigenvalue weighted by Gasteiger charge is -2.12. The summed E-state index contributed by atoms with van der Waals surface area (Å²) in [6.07, 6.45) is 5.47. The van der Waals surface area contributed by atoms with Crippen LogP contribution in [0.5, 0.6) is 0 Å². The van der Waals surface area contributed by atoms with Gasteiger partial charge in [0.2, 0.25) is 5.82 Å². The Bertz CT molecular complexity index is 1030. The van der Waals surface area contributed by atoms with Crippen LogP contribution in [-0.4, -0.2) is 40.1 Å². The topological polar surface area (TPSA) is 98.1 Å². The predicted molar refractivity (Wildman–Crippen MR) is 96.6 cm³/mol. The number of aryl methyl sites for hydroxylation is 1. The van der Waals surface area contributed by atoms with Crippen LogP contribution in [0.1, 0.15) is 31.2 Å². The minimum absolute atomic E-state index is 0.252. The number of hydrogen-bond donors (Lipinski definition) is 1. The highest BCUT2D eigenvalue weighted by Crippen LogP contribution is 2.26. The highest BCUT2D eigenvalue weighted by Gasteiger charge is 2.14. The van der Waals surface area contributed by atoms with Crippen molar-refractivity contribution in [2.75, 3.05) is 0 Å². The number of benzene rings is 1. The molecule has 1 aromatic carbocycles. The van der Waals surface area contributed by atoms with E-state index < -0.39 is 0 Å². The van der Waals surface area contributed by atoms with Gasteiger partial charge in [0.25, 0.3) is 0 Å². The lowest BCUT2D eigenvalue weighted by atomic mass is 10.1. The Morgan fingerprint density at radius 1 is 1.08 bits per heavy atom. The van der Waals surface area contributed by atoms with Gasteiger partial charge in [-0.15, -0.1) is 10.2 Å². The number of tetrazole rings is 1. The predicted octanol–water partition coefficient (Wildman–Crippen LogP) is 2.94. The normalized spacial score (nSPS) is 11.2. The monoisotopic (exact) mass is 346 g/mol. The number of nitrogens with zero attached hydrogens (tertiary/aromatic N) is 7. The third-order valence-electron chi connectivity index (χ3n) is 4.13. The quantitative estimate of drug-likeness (QED) is 0.610. The van der Waals surface area contributed by atoms with Gasteiger partial charge in [-0.05, 0) is 29.8 Å². The standard InChI is InChI=1S/C18H18N8/c1-11(2)16-19-7-6-14(21-16)18-20-8-9-26(18)15-10-13(5-4-12(15)3)17-22-24-25-23-17/h4-11H,1-3H3,(H,22,23,24,25). The molecule has 0 atom stereocenters. The Balaban J connectivity index is 1.83. The van der Waals surface area contributed by atoms with E-state index in [1.807, 2.05) is 35.0 Å². The number of rotatable bonds is 4. The van der Waals surface area contributed by atoms with Crippen molar-refractivity contribution in [3.63, 3.8) is 0 Å². The van der Waals surface area contributed by atoms with Crippen LogP contribution in [0, 0.1) is 6.92 Å². The molecule has 0 aliphatic rings. The number of aromatic nitrogens is 8. The number of hydrogen-bond acceptors (Lipinski definition) is 6. The SMILES string of the molecule is Cc1ccc(-c2nn[nH]n2)cc1-n1ccnc1-c1ccnc(C(C)C)n1. The summed E-state index contributed by atoms with van der Waals surface area (Å²) >= 11 is 0. The van der Waals surface area contributed by atoms with E-state index in [0.29, 0.717) is 5.82 Å². The Morgan fingerprint density at radius 2 is 1.96 bits per heavy atom. The first-order chi connectivity index (χ1) is 12.6. The summed E-state index contributed by atoms with van der Waals surface area (Å²) in [6, 6.07) is 7.91. The molecule has 0 saturated heterocycles. The largest absolute Gasteiger partial charge is 0.298 e. The molecule has 4 rings (SSSR count). The zero-order valence-corrected chi connectivity index (χ0v) is 14.7. The van der Waals surface area contributed by atoms with Gasteiger partial charge in [0.05, 0.1) is 5.69 Å². The van der Waals surface area contributed by atoms with E-state index in [2.05, 4.69) is 56.3 Å². The van der Waals surface area contributed by atoms with Crippen LogP contribution in [0.3, 0.4) is 0 Å². The highest BCUT2D eigenvalue weighted by atomic mass is 15.5. The molecule has 0 spiro atoms. The molecule has 0 unspecified atom stereocenters. The van der Waals surface area contributed by atoms with Crippen molar-refractivity contribution in [3.8, 4) is 28.6 Å². The number of nitrogens with one attached hydrogen (secondary N) is 1. The second-order valence-electron chi connectivity index (χ2n) is 6.31. The summed E-state index contributed by atoms with van der Waals surface area (Å²) < 4.78 is 2.02. The van der Waals surface area contributed by atoms with Crippen molar-refractivity contribution in [2.45, 2.75) is 26.7 Å². The van der Waals surface area contributed by atoms with E-state index in [1.54, 1.807) is 12.4 Å². The van der Waals surface area contributed by atoms with Gasteiger partial charge in [-0.1, -0.05) is 26.0 Å². The molecule has 8 heteroatoms. The van der Waals surface area contributed by atoms with Crippen LogP contribution < -0.4 is 0 Å². The number of imidazole rings is 1. The van der Waals surface area contributed by atoms with Gasteiger partial charge in [0.1, 0.15) is 11.5 Å². The van der Waals surface area contributed by atoms with Gasteiger partial charge in [-0.3, -0.25) is 4.57 Å². The number of aromatic amines is 1. The van der Waals surface area contributed by atoms with Crippen molar-refractivity contribution in [1.29, 1.82) is 0 Å². The fraction of sp³-hybridized carbons (Fsp3) is 0.222. The van der Waals surface area contributed by atoms with Gasteiger partial charge < -0.3 is 0 Å². The molecule has 130 valence electrons. The summed E-state index contributed by atoms with van der Waals surface area (Å²) in [7, 11) is 0. The average Bonchev–Trinajstić information content (AvgIpc) is 3.34. The van der Waals surface area contributed by atoms with Crippen LogP contribution >= 0.6 is 0 Å². The molecule has 8 nitrogen and oxygen atoms in total. The maximum absolute atomic E-state index is 4.67. The molecular weight excluding hydrogens is 328 g/mol. The second kappa shape index (κ2) is 6.47. The van der Waals surface area contributed by atoms with Gasteiger partial charge in [-0.25, -0.2) is 15.0 Å². The molecule has 3 heterocycles. The first-order valence-corrected chi connectivity index (χ1v) is 8.35. The molecule has 1 N–H and O–H groups in total. The zero-order valence-electron chi connectivity index (χ0n) is 14.7. The van der Waals surface area contributed by atoms with Gasteiger partial charge in [-0.2, -0.15) is 5.21 Å². The maximum atomic E-state index is 4.67. The van der Waals surface area contributed by atoms with E-state index in [0.717, 1.165) is 34.2 Å². The van der Waals surface area contributed by atoms with Crippen molar-refractivity contribution >= 4 is 0 Å². The fourth-order valence-electron chi connectivity index (χ4n) is 2.76. The first kappa shape index (κ1) is 16.1. The molecule has 4 aromatic rings. The Hall–Kier alpha value is -3.42. The lowest BCUT2D eigenvalue weighted by Crippen LogP contribution is -2.03. The van der Waals surface area contributed by atoms with Crippen LogP contribution in [0.4, 0.5) is 0 Å². The molecule has 0 saturated carbocycles. The average molecular weight is 346 g/mol. The summed E-state index contributed by atoms with van der Waals surface area (Å²) in [5, 5.41) is 14.2. The Kier molecular flexibility index (Phi) is 4.00. The van der Waals surface area contributed by atoms with Crippen LogP contribution in [0.15, 0.2) is 42.9 Å². The van der Waals surface area contributed by atoms with E-state index in [4.69, 9.17) is 0 Å². The Labute approximate surface area is 150 Å². The van der Waals surface area contributed by atoms with E-state index >= 15 is 0 Å². The molecular formula is C18H18N8. The summed E-state index contributed by atoms with van der Waals surface area (Å²) in [4.78, 5) is 13.5. The van der Waals surface area contributed by atoms with Crippen molar-refractivity contribution in [1.82, 2.24) is 40.1 Å². The van der Waals surface area contributed by atoms with Crippen LogP contribution in [0.25, 0.3) is 28.6 Å². The lowest BCUT2D eigenvalue weighted by molar-refractivity contribution is 0.774. The van der Waals surface area contributed by atoms with Gasteiger partial charge in [0.15, 0.2) is 5.82 Å².